The molecule has 22 heavy (non-hydrogen) atoms. The number of carbonyl (C=O) groups is 1. The summed E-state index contributed by atoms with van der Waals surface area (Å²) in [4.78, 5) is 14.2. The van der Waals surface area contributed by atoms with Gasteiger partial charge in [-0.1, -0.05) is 46.3 Å². The van der Waals surface area contributed by atoms with Crippen LogP contribution in [0.25, 0.3) is 6.08 Å². The molecule has 0 bridgehead atoms. The van der Waals surface area contributed by atoms with E-state index in [1.54, 1.807) is 6.20 Å². The van der Waals surface area contributed by atoms with Crippen LogP contribution in [-0.4, -0.2) is 12.1 Å². The van der Waals surface area contributed by atoms with Crippen LogP contribution in [0.4, 0.5) is 10.5 Å². The van der Waals surface area contributed by atoms with Crippen LogP contribution in [-0.2, 0) is 6.42 Å². The maximum atomic E-state index is 12.4. The van der Waals surface area contributed by atoms with Gasteiger partial charge in [0, 0.05) is 22.4 Å². The average Bonchev–Trinajstić information content (AvgIpc) is 2.85. The minimum atomic E-state index is -0.0918. The summed E-state index contributed by atoms with van der Waals surface area (Å²) in [5, 5.41) is 2.85. The number of carbonyl (C=O) groups excluding carboxylic acids is 1. The highest BCUT2D eigenvalue weighted by molar-refractivity contribution is 9.10. The third kappa shape index (κ3) is 3.07. The molecule has 3 rings (SSSR count). The van der Waals surface area contributed by atoms with Gasteiger partial charge < -0.3 is 5.32 Å². The molecule has 1 atom stereocenters. The van der Waals surface area contributed by atoms with Crippen LogP contribution >= 0.6 is 15.9 Å². The van der Waals surface area contributed by atoms with Crippen molar-refractivity contribution in [3.63, 3.8) is 0 Å². The highest BCUT2D eigenvalue weighted by atomic mass is 79.9. The van der Waals surface area contributed by atoms with E-state index < -0.39 is 0 Å². The molecule has 0 spiro atoms. The number of rotatable bonds is 2. The molecule has 1 N–H and O–H groups in total. The van der Waals surface area contributed by atoms with E-state index >= 15 is 0 Å². The highest BCUT2D eigenvalue weighted by Crippen LogP contribution is 2.31. The second-order valence-electron chi connectivity index (χ2n) is 5.39. The first-order valence-electron chi connectivity index (χ1n) is 7.25. The van der Waals surface area contributed by atoms with Crippen LogP contribution in [0.3, 0.4) is 0 Å². The van der Waals surface area contributed by atoms with E-state index in [9.17, 15) is 4.79 Å². The van der Waals surface area contributed by atoms with Crippen LogP contribution in [0.5, 0.6) is 0 Å². The fourth-order valence-corrected chi connectivity index (χ4v) is 2.99. The van der Waals surface area contributed by atoms with Gasteiger partial charge in [0.15, 0.2) is 0 Å². The summed E-state index contributed by atoms with van der Waals surface area (Å²) in [7, 11) is 0. The van der Waals surface area contributed by atoms with E-state index in [1.807, 2.05) is 53.4 Å². The molecule has 0 saturated heterocycles. The minimum absolute atomic E-state index is 0.0918. The van der Waals surface area contributed by atoms with Crippen molar-refractivity contribution in [3.05, 3.63) is 70.3 Å². The van der Waals surface area contributed by atoms with Gasteiger partial charge in [0.2, 0.25) is 0 Å². The molecule has 4 heteroatoms. The summed E-state index contributed by atoms with van der Waals surface area (Å²) in [5.41, 5.74) is 3.27. The van der Waals surface area contributed by atoms with Gasteiger partial charge in [-0.3, -0.25) is 4.90 Å². The second kappa shape index (κ2) is 6.36. The first-order valence-corrected chi connectivity index (χ1v) is 8.04. The zero-order chi connectivity index (χ0) is 15.5. The predicted octanol–water partition coefficient (Wildman–Crippen LogP) is 4.58. The Labute approximate surface area is 138 Å². The first-order chi connectivity index (χ1) is 10.6. The number of hydrogen-bond acceptors (Lipinski definition) is 1. The standard InChI is InChI=1S/C18H17BrN2O/c1-13-12-15-4-2-3-5-17(15)21(13)18(22)20-11-10-14-6-8-16(19)9-7-14/h2-11,13H,12H2,1H3,(H,20,22)/b11-10+. The van der Waals surface area contributed by atoms with Crippen LogP contribution < -0.4 is 10.2 Å². The minimum Gasteiger partial charge on any atom is -0.314 e. The normalized spacial score (nSPS) is 16.8. The zero-order valence-corrected chi connectivity index (χ0v) is 13.9. The van der Waals surface area contributed by atoms with E-state index in [0.717, 1.165) is 22.1 Å². The maximum Gasteiger partial charge on any atom is 0.326 e. The Kier molecular flexibility index (Phi) is 4.29. The summed E-state index contributed by atoms with van der Waals surface area (Å²) < 4.78 is 1.04. The molecule has 1 aliphatic heterocycles. The van der Waals surface area contributed by atoms with Crippen LogP contribution in [0.1, 0.15) is 18.1 Å². The monoisotopic (exact) mass is 356 g/mol. The number of nitrogens with zero attached hydrogens (tertiary/aromatic N) is 1. The molecular formula is C18H17BrN2O. The van der Waals surface area contributed by atoms with Gasteiger partial charge in [-0.15, -0.1) is 0 Å². The van der Waals surface area contributed by atoms with E-state index in [2.05, 4.69) is 34.2 Å². The Bertz CT molecular complexity index is 709. The maximum absolute atomic E-state index is 12.4. The quantitative estimate of drug-likeness (QED) is 0.838. The van der Waals surface area contributed by atoms with Gasteiger partial charge in [0.25, 0.3) is 0 Å². The van der Waals surface area contributed by atoms with Crippen molar-refractivity contribution in [1.82, 2.24) is 5.32 Å². The summed E-state index contributed by atoms with van der Waals surface area (Å²) in [6.07, 6.45) is 4.48. The average molecular weight is 357 g/mol. The largest absolute Gasteiger partial charge is 0.326 e. The number of urea groups is 1. The molecule has 2 aromatic carbocycles. The second-order valence-corrected chi connectivity index (χ2v) is 6.30. The van der Waals surface area contributed by atoms with Crippen molar-refractivity contribution >= 4 is 33.7 Å². The van der Waals surface area contributed by atoms with E-state index in [1.165, 1.54) is 5.56 Å². The summed E-state index contributed by atoms with van der Waals surface area (Å²) in [5.74, 6) is 0. The lowest BCUT2D eigenvalue weighted by molar-refractivity contribution is 0.248. The molecule has 1 heterocycles. The molecule has 2 amide bonds. The first kappa shape index (κ1) is 14.9. The number of anilines is 1. The van der Waals surface area contributed by atoms with Crippen molar-refractivity contribution in [3.8, 4) is 0 Å². The molecule has 0 aromatic heterocycles. The smallest absolute Gasteiger partial charge is 0.314 e. The molecule has 0 fully saturated rings. The van der Waals surface area contributed by atoms with Gasteiger partial charge >= 0.3 is 6.03 Å². The Balaban J connectivity index is 1.68. The summed E-state index contributed by atoms with van der Waals surface area (Å²) in [6.45, 7) is 2.07. The summed E-state index contributed by atoms with van der Waals surface area (Å²) >= 11 is 3.40. The topological polar surface area (TPSA) is 32.3 Å². The van der Waals surface area contributed by atoms with E-state index in [4.69, 9.17) is 0 Å². The van der Waals surface area contributed by atoms with Gasteiger partial charge in [-0.05, 0) is 48.7 Å². The molecule has 2 aromatic rings. The van der Waals surface area contributed by atoms with Gasteiger partial charge in [-0.25, -0.2) is 4.79 Å². The number of fused-ring (bicyclic) bond motifs is 1. The van der Waals surface area contributed by atoms with Crippen molar-refractivity contribution in [2.45, 2.75) is 19.4 Å². The third-order valence-corrected chi connectivity index (χ3v) is 4.31. The van der Waals surface area contributed by atoms with Crippen LogP contribution in [0, 0.1) is 0 Å². The Morgan fingerprint density at radius 3 is 2.73 bits per heavy atom. The van der Waals surface area contributed by atoms with Crippen LogP contribution in [0.15, 0.2) is 59.2 Å². The molecule has 0 saturated carbocycles. The molecule has 3 nitrogen and oxygen atoms in total. The molecule has 1 unspecified atom stereocenters. The molecule has 1 aliphatic rings. The van der Waals surface area contributed by atoms with Crippen molar-refractivity contribution in [2.75, 3.05) is 4.90 Å². The Hall–Kier alpha value is -2.07. The number of amides is 2. The number of hydrogen-bond donors (Lipinski definition) is 1. The van der Waals surface area contributed by atoms with Crippen molar-refractivity contribution in [1.29, 1.82) is 0 Å². The lowest BCUT2D eigenvalue weighted by Crippen LogP contribution is -2.41. The SMILES string of the molecule is CC1Cc2ccccc2N1C(=O)N/C=C/c1ccc(Br)cc1. The molecular weight excluding hydrogens is 340 g/mol. The van der Waals surface area contributed by atoms with Gasteiger partial charge in [0.1, 0.15) is 0 Å². The van der Waals surface area contributed by atoms with Gasteiger partial charge in [-0.2, -0.15) is 0 Å². The Morgan fingerprint density at radius 1 is 1.23 bits per heavy atom. The van der Waals surface area contributed by atoms with Gasteiger partial charge in [0.05, 0.1) is 0 Å². The number of halogens is 1. The lowest BCUT2D eigenvalue weighted by Gasteiger charge is -2.22. The highest BCUT2D eigenvalue weighted by Gasteiger charge is 2.29. The van der Waals surface area contributed by atoms with Crippen LogP contribution in [0.2, 0.25) is 0 Å². The third-order valence-electron chi connectivity index (χ3n) is 3.78. The molecule has 112 valence electrons. The van der Waals surface area contributed by atoms with Crippen molar-refractivity contribution < 1.29 is 4.79 Å². The zero-order valence-electron chi connectivity index (χ0n) is 12.3. The Morgan fingerprint density at radius 2 is 1.95 bits per heavy atom. The van der Waals surface area contributed by atoms with E-state index in [0.29, 0.717) is 0 Å². The number of para-hydroxylation sites is 1. The predicted molar refractivity (Wildman–Crippen MR) is 93.8 cm³/mol. The number of nitrogens with one attached hydrogen (secondary N) is 1. The fraction of sp³-hybridized carbons (Fsp3) is 0.167. The molecule has 0 aliphatic carbocycles. The van der Waals surface area contributed by atoms with E-state index in [-0.39, 0.29) is 12.1 Å². The fourth-order valence-electron chi connectivity index (χ4n) is 2.73. The lowest BCUT2D eigenvalue weighted by atomic mass is 10.1. The number of benzene rings is 2. The molecule has 0 radical (unpaired) electrons. The van der Waals surface area contributed by atoms with Crippen molar-refractivity contribution in [2.24, 2.45) is 0 Å². The summed E-state index contributed by atoms with van der Waals surface area (Å²) in [6, 6.07) is 16.1.